The van der Waals surface area contributed by atoms with E-state index in [-0.39, 0.29) is 16.5 Å². The molecule has 10 heteroatoms. The molecule has 0 aliphatic carbocycles. The molecule has 1 fully saturated rings. The molecule has 6 nitrogen and oxygen atoms in total. The maximum Gasteiger partial charge on any atom is 0.274 e. The van der Waals surface area contributed by atoms with Gasteiger partial charge in [-0.1, -0.05) is 65.1 Å². The van der Waals surface area contributed by atoms with Gasteiger partial charge in [-0.05, 0) is 60.4 Å². The van der Waals surface area contributed by atoms with E-state index < -0.39 is 9.84 Å². The molecule has 1 saturated heterocycles. The zero-order valence-electron chi connectivity index (χ0n) is 19.8. The summed E-state index contributed by atoms with van der Waals surface area (Å²) in [5.41, 5.74) is 3.35. The number of aromatic nitrogens is 2. The van der Waals surface area contributed by atoms with Crippen LogP contribution in [-0.4, -0.2) is 48.4 Å². The molecule has 2 heterocycles. The van der Waals surface area contributed by atoms with Gasteiger partial charge in [0.25, 0.3) is 5.91 Å². The van der Waals surface area contributed by atoms with Crippen molar-refractivity contribution in [2.24, 2.45) is 0 Å². The van der Waals surface area contributed by atoms with E-state index in [0.717, 1.165) is 18.4 Å². The lowest BCUT2D eigenvalue weighted by Gasteiger charge is -2.13. The summed E-state index contributed by atoms with van der Waals surface area (Å²) in [5, 5.41) is 5.76. The largest absolute Gasteiger partial charge is 0.337 e. The monoisotopic (exact) mass is 573 g/mol. The van der Waals surface area contributed by atoms with Gasteiger partial charge in [0.15, 0.2) is 15.5 Å². The van der Waals surface area contributed by atoms with Crippen molar-refractivity contribution in [3.05, 3.63) is 87.5 Å². The molecule has 3 aromatic carbocycles. The normalized spacial score (nSPS) is 13.8. The highest BCUT2D eigenvalue weighted by Crippen LogP contribution is 2.37. The van der Waals surface area contributed by atoms with E-state index in [1.54, 1.807) is 58.1 Å². The summed E-state index contributed by atoms with van der Waals surface area (Å²) in [6, 6.07) is 18.9. The summed E-state index contributed by atoms with van der Waals surface area (Å²) in [4.78, 5) is 15.2. The number of carbonyl (C=O) groups is 1. The molecule has 0 saturated carbocycles. The smallest absolute Gasteiger partial charge is 0.274 e. The molecule has 0 N–H and O–H groups in total. The van der Waals surface area contributed by atoms with Crippen LogP contribution in [0.1, 0.15) is 23.3 Å². The first-order valence-electron chi connectivity index (χ1n) is 11.6. The zero-order valence-corrected chi connectivity index (χ0v) is 22.9. The number of para-hydroxylation sites is 1. The molecule has 190 valence electrons. The Bertz CT molecular complexity index is 1610. The molecule has 1 amide bonds. The van der Waals surface area contributed by atoms with Crippen molar-refractivity contribution in [1.82, 2.24) is 14.7 Å². The van der Waals surface area contributed by atoms with Gasteiger partial charge in [-0.3, -0.25) is 4.79 Å². The lowest BCUT2D eigenvalue weighted by Crippen LogP contribution is -2.28. The minimum Gasteiger partial charge on any atom is -0.337 e. The summed E-state index contributed by atoms with van der Waals surface area (Å²) in [6.07, 6.45) is 3.09. The second-order valence-corrected chi connectivity index (χ2v) is 12.1. The Morgan fingerprint density at radius 2 is 1.49 bits per heavy atom. The molecule has 0 unspecified atom stereocenters. The topological polar surface area (TPSA) is 72.3 Å². The van der Waals surface area contributed by atoms with E-state index in [1.165, 1.54) is 6.26 Å². The number of carbonyl (C=O) groups excluding carboxylic acids is 1. The van der Waals surface area contributed by atoms with Gasteiger partial charge in [0.2, 0.25) is 0 Å². The van der Waals surface area contributed by atoms with Crippen molar-refractivity contribution in [3.8, 4) is 28.1 Å². The fourth-order valence-electron chi connectivity index (χ4n) is 4.43. The summed E-state index contributed by atoms with van der Waals surface area (Å²) in [6.45, 7) is 1.38. The van der Waals surface area contributed by atoms with Crippen LogP contribution in [0.2, 0.25) is 15.1 Å². The van der Waals surface area contributed by atoms with E-state index in [9.17, 15) is 13.2 Å². The molecule has 5 rings (SSSR count). The second kappa shape index (κ2) is 10.1. The molecule has 1 aromatic heterocycles. The minimum absolute atomic E-state index is 0.161. The number of benzene rings is 3. The standard InChI is InChI=1S/C27H22Cl3N3O3S/c1-37(35,36)19-7-4-6-17(14-19)18-10-11-20(23(30)15-18)25-16-24(27(34)32-12-2-3-13-32)31-33(25)26-21(28)8-5-9-22(26)29/h4-11,14-16H,2-3,12-13H2,1H3. The van der Waals surface area contributed by atoms with Gasteiger partial charge in [0, 0.05) is 24.9 Å². The molecule has 1 aliphatic rings. The van der Waals surface area contributed by atoms with Crippen LogP contribution >= 0.6 is 34.8 Å². The van der Waals surface area contributed by atoms with Crippen LogP contribution in [0.15, 0.2) is 71.6 Å². The first kappa shape index (κ1) is 25.8. The third-order valence-corrected chi connectivity index (χ3v) is 8.34. The van der Waals surface area contributed by atoms with Crippen LogP contribution in [0, 0.1) is 0 Å². The van der Waals surface area contributed by atoms with Gasteiger partial charge in [-0.25, -0.2) is 13.1 Å². The van der Waals surface area contributed by atoms with Crippen molar-refractivity contribution >= 4 is 50.5 Å². The molecule has 0 radical (unpaired) electrons. The summed E-state index contributed by atoms with van der Waals surface area (Å²) < 4.78 is 25.6. The minimum atomic E-state index is -3.36. The summed E-state index contributed by atoms with van der Waals surface area (Å²) in [7, 11) is -3.36. The Balaban J connectivity index is 1.63. The molecule has 1 aliphatic heterocycles. The molecule has 0 bridgehead atoms. The molecular formula is C27H22Cl3N3O3S. The van der Waals surface area contributed by atoms with Crippen LogP contribution in [0.25, 0.3) is 28.1 Å². The van der Waals surface area contributed by atoms with Crippen LogP contribution in [-0.2, 0) is 9.84 Å². The average Bonchev–Trinajstić information content (AvgIpc) is 3.54. The molecule has 0 atom stereocenters. The van der Waals surface area contributed by atoms with Crippen LogP contribution in [0.4, 0.5) is 0 Å². The number of rotatable bonds is 5. The van der Waals surface area contributed by atoms with Crippen LogP contribution < -0.4 is 0 Å². The summed E-state index contributed by atoms with van der Waals surface area (Å²) >= 11 is 19.8. The van der Waals surface area contributed by atoms with E-state index in [4.69, 9.17) is 34.8 Å². The Morgan fingerprint density at radius 3 is 2.14 bits per heavy atom. The maximum absolute atomic E-state index is 13.2. The van der Waals surface area contributed by atoms with Gasteiger partial charge < -0.3 is 4.90 Å². The molecule has 0 spiro atoms. The summed E-state index contributed by atoms with van der Waals surface area (Å²) in [5.74, 6) is -0.161. The van der Waals surface area contributed by atoms with E-state index in [1.807, 2.05) is 18.2 Å². The maximum atomic E-state index is 13.2. The Kier molecular flexibility index (Phi) is 7.07. The number of halogens is 3. The Hall–Kier alpha value is -2.84. The van der Waals surface area contributed by atoms with Crippen molar-refractivity contribution < 1.29 is 13.2 Å². The Labute approximate surface area is 230 Å². The van der Waals surface area contributed by atoms with Crippen molar-refractivity contribution in [2.75, 3.05) is 19.3 Å². The first-order valence-corrected chi connectivity index (χ1v) is 14.6. The Morgan fingerprint density at radius 1 is 0.838 bits per heavy atom. The van der Waals surface area contributed by atoms with E-state index in [2.05, 4.69) is 5.10 Å². The highest BCUT2D eigenvalue weighted by Gasteiger charge is 2.26. The predicted octanol–water partition coefficient (Wildman–Crippen LogP) is 6.81. The second-order valence-electron chi connectivity index (χ2n) is 8.89. The highest BCUT2D eigenvalue weighted by atomic mass is 35.5. The van der Waals surface area contributed by atoms with Crippen LogP contribution in [0.3, 0.4) is 0 Å². The number of nitrogens with zero attached hydrogens (tertiary/aromatic N) is 3. The fourth-order valence-corrected chi connectivity index (χ4v) is 5.93. The molecule has 4 aromatic rings. The van der Waals surface area contributed by atoms with E-state index >= 15 is 0 Å². The number of sulfone groups is 1. The lowest BCUT2D eigenvalue weighted by atomic mass is 10.0. The first-order chi connectivity index (χ1) is 17.6. The van der Waals surface area contributed by atoms with Crippen molar-refractivity contribution in [1.29, 1.82) is 0 Å². The van der Waals surface area contributed by atoms with Gasteiger partial charge in [-0.15, -0.1) is 0 Å². The quantitative estimate of drug-likeness (QED) is 0.263. The third kappa shape index (κ3) is 5.14. The number of likely N-dealkylation sites (tertiary alicyclic amines) is 1. The van der Waals surface area contributed by atoms with Gasteiger partial charge >= 0.3 is 0 Å². The average molecular weight is 575 g/mol. The third-order valence-electron chi connectivity index (χ3n) is 6.31. The van der Waals surface area contributed by atoms with Crippen molar-refractivity contribution in [3.63, 3.8) is 0 Å². The number of hydrogen-bond acceptors (Lipinski definition) is 4. The predicted molar refractivity (Wildman–Crippen MR) is 148 cm³/mol. The zero-order chi connectivity index (χ0) is 26.3. The number of hydrogen-bond donors (Lipinski definition) is 0. The fraction of sp³-hybridized carbons (Fsp3) is 0.185. The van der Waals surface area contributed by atoms with E-state index in [0.29, 0.717) is 50.7 Å². The molecular weight excluding hydrogens is 553 g/mol. The SMILES string of the molecule is CS(=O)(=O)c1cccc(-c2ccc(-c3cc(C(=O)N4CCCC4)nn3-c3c(Cl)cccc3Cl)c(Cl)c2)c1. The van der Waals surface area contributed by atoms with Crippen molar-refractivity contribution in [2.45, 2.75) is 17.7 Å². The highest BCUT2D eigenvalue weighted by molar-refractivity contribution is 7.90. The van der Waals surface area contributed by atoms with Gasteiger partial charge in [0.1, 0.15) is 5.69 Å². The molecule has 37 heavy (non-hydrogen) atoms. The van der Waals surface area contributed by atoms with Crippen LogP contribution in [0.5, 0.6) is 0 Å². The van der Waals surface area contributed by atoms with Gasteiger partial charge in [0.05, 0.1) is 25.7 Å². The lowest BCUT2D eigenvalue weighted by molar-refractivity contribution is 0.0786. The number of amides is 1. The van der Waals surface area contributed by atoms with Gasteiger partial charge in [-0.2, -0.15) is 5.10 Å².